The van der Waals surface area contributed by atoms with Crippen molar-refractivity contribution < 1.29 is 50.1 Å². The second-order valence-electron chi connectivity index (χ2n) is 10.8. The van der Waals surface area contributed by atoms with E-state index in [4.69, 9.17) is 18.9 Å². The quantitative estimate of drug-likeness (QED) is 0.195. The Labute approximate surface area is 261 Å². The molecule has 46 heavy (non-hydrogen) atoms. The molecule has 0 bridgehead atoms. The maximum atomic E-state index is 13.5. The van der Waals surface area contributed by atoms with Gasteiger partial charge >= 0.3 is 12.3 Å². The number of alkyl halides is 3. The molecule has 0 radical (unpaired) electrons. The number of halogens is 3. The molecule has 0 spiro atoms. The van der Waals surface area contributed by atoms with Gasteiger partial charge in [0, 0.05) is 17.1 Å². The van der Waals surface area contributed by atoms with Gasteiger partial charge in [0.15, 0.2) is 5.69 Å². The van der Waals surface area contributed by atoms with E-state index in [0.717, 1.165) is 21.3 Å². The van der Waals surface area contributed by atoms with Crippen LogP contribution in [0.25, 0.3) is 16.9 Å². The lowest BCUT2D eigenvalue weighted by Crippen LogP contribution is -2.48. The van der Waals surface area contributed by atoms with Gasteiger partial charge in [-0.25, -0.2) is 22.6 Å². The number of aromatic nitrogens is 4. The number of hydrogen-bond donors (Lipinski definition) is 1. The second kappa shape index (κ2) is 12.9. The zero-order chi connectivity index (χ0) is 33.2. The fourth-order valence-electron chi connectivity index (χ4n) is 4.63. The minimum Gasteiger partial charge on any atom is -0.431 e. The highest BCUT2D eigenvalue weighted by Gasteiger charge is 2.36. The topological polar surface area (TPSA) is 152 Å². The van der Waals surface area contributed by atoms with Gasteiger partial charge in [-0.15, -0.1) is 0 Å². The van der Waals surface area contributed by atoms with E-state index in [1.165, 1.54) is 29.2 Å². The van der Waals surface area contributed by atoms with Crippen LogP contribution in [0, 0.1) is 12.8 Å². The number of nitrogens with one attached hydrogen (secondary N) is 1. The van der Waals surface area contributed by atoms with Crippen LogP contribution in [0.4, 0.5) is 18.0 Å². The van der Waals surface area contributed by atoms with Crippen molar-refractivity contribution in [2.45, 2.75) is 50.8 Å². The number of sulfonamides is 1. The molecule has 4 aromatic rings. The summed E-state index contributed by atoms with van der Waals surface area (Å²) < 4.78 is 84.6. The van der Waals surface area contributed by atoms with Gasteiger partial charge in [0.2, 0.25) is 5.91 Å². The molecule has 1 fully saturated rings. The predicted octanol–water partition coefficient (Wildman–Crippen LogP) is 3.86. The third-order valence-corrected chi connectivity index (χ3v) is 8.28. The highest BCUT2D eigenvalue weighted by atomic mass is 32.2. The van der Waals surface area contributed by atoms with Crippen LogP contribution < -0.4 is 14.6 Å². The summed E-state index contributed by atoms with van der Waals surface area (Å²) in [5.74, 6) is -1.47. The standard InChI is InChI=1S/C28H31F3N6O8S/c1-18(2)44-27(39)42-17-43-37-36(45-37)34-14-4-5-21(16-34)26(38)33-46(40,41)23-12-10-22(11-13-23)35-24(15-25(32-35)28(29,30)31)20-8-6-19(3)7-9-20/h6-13,15,18,21H,4-5,14,16-17H2,1-3H3,(H,33,38). The van der Waals surface area contributed by atoms with Crippen LogP contribution in [-0.2, 0) is 30.5 Å². The van der Waals surface area contributed by atoms with E-state index in [2.05, 4.69) is 9.82 Å². The van der Waals surface area contributed by atoms with Gasteiger partial charge in [0.05, 0.1) is 34.8 Å². The first-order valence-electron chi connectivity index (χ1n) is 14.1. The van der Waals surface area contributed by atoms with Gasteiger partial charge in [-0.3, -0.25) is 9.80 Å². The Morgan fingerprint density at radius 1 is 1.11 bits per heavy atom. The van der Waals surface area contributed by atoms with Crippen molar-refractivity contribution in [2.24, 2.45) is 5.92 Å². The molecule has 0 saturated carbocycles. The Morgan fingerprint density at radius 2 is 1.80 bits per heavy atom. The first-order chi connectivity index (χ1) is 21.7. The van der Waals surface area contributed by atoms with E-state index in [-0.39, 0.29) is 28.9 Å². The molecular weight excluding hydrogens is 637 g/mol. The summed E-state index contributed by atoms with van der Waals surface area (Å²) in [6.45, 7) is 5.24. The van der Waals surface area contributed by atoms with Crippen LogP contribution in [-0.4, -0.2) is 66.2 Å². The minimum atomic E-state index is -4.70. The number of carbonyl (C=O) groups is 2. The highest BCUT2D eigenvalue weighted by Crippen LogP contribution is 2.33. The zero-order valence-electron chi connectivity index (χ0n) is 24.9. The van der Waals surface area contributed by atoms with E-state index in [0.29, 0.717) is 24.9 Å². The molecule has 248 valence electrons. The van der Waals surface area contributed by atoms with Crippen molar-refractivity contribution in [2.75, 3.05) is 24.9 Å². The van der Waals surface area contributed by atoms with Crippen LogP contribution in [0.5, 0.6) is 0 Å². The van der Waals surface area contributed by atoms with Crippen LogP contribution in [0.1, 0.15) is 37.9 Å². The Morgan fingerprint density at radius 3 is 2.46 bits per heavy atom. The summed E-state index contributed by atoms with van der Waals surface area (Å²) in [6.07, 6.45) is -5.05. The van der Waals surface area contributed by atoms with Crippen molar-refractivity contribution in [3.05, 3.63) is 65.9 Å². The molecule has 2 aromatic heterocycles. The second-order valence-corrected chi connectivity index (χ2v) is 12.5. The Balaban J connectivity index is 1.23. The summed E-state index contributed by atoms with van der Waals surface area (Å²) in [7, 11) is -4.32. The molecule has 1 saturated heterocycles. The molecule has 18 heteroatoms. The molecule has 1 aliphatic heterocycles. The number of hydrogen-bond acceptors (Lipinski definition) is 10. The fourth-order valence-corrected chi connectivity index (χ4v) is 5.68. The summed E-state index contributed by atoms with van der Waals surface area (Å²) >= 11 is 0. The smallest absolute Gasteiger partial charge is 0.431 e. The fraction of sp³-hybridized carbons (Fsp3) is 0.393. The zero-order valence-corrected chi connectivity index (χ0v) is 25.7. The van der Waals surface area contributed by atoms with E-state index < -0.39 is 46.7 Å². The summed E-state index contributed by atoms with van der Waals surface area (Å²) in [5.41, 5.74) is 0.660. The van der Waals surface area contributed by atoms with Gasteiger partial charge in [-0.05, 0) is 63.9 Å². The van der Waals surface area contributed by atoms with Crippen LogP contribution in [0.3, 0.4) is 0 Å². The first kappa shape index (κ1) is 32.5. The molecule has 1 N–H and O–H groups in total. The molecule has 5 rings (SSSR count). The number of piperidine rings is 1. The summed E-state index contributed by atoms with van der Waals surface area (Å²) in [4.78, 5) is 30.5. The number of ether oxygens (including phenoxy) is 2. The maximum absolute atomic E-state index is 13.5. The van der Waals surface area contributed by atoms with Crippen LogP contribution >= 0.6 is 0 Å². The van der Waals surface area contributed by atoms with Crippen molar-refractivity contribution in [3.63, 3.8) is 0 Å². The summed E-state index contributed by atoms with van der Waals surface area (Å²) in [6, 6.07) is 12.8. The number of rotatable bonds is 10. The van der Waals surface area contributed by atoms with Gasteiger partial charge in [-0.1, -0.05) is 29.8 Å². The summed E-state index contributed by atoms with van der Waals surface area (Å²) in [5, 5.41) is 6.25. The van der Waals surface area contributed by atoms with Crippen molar-refractivity contribution in [3.8, 4) is 16.9 Å². The largest absolute Gasteiger partial charge is 0.511 e. The van der Waals surface area contributed by atoms with E-state index in [9.17, 15) is 31.2 Å². The lowest BCUT2D eigenvalue weighted by atomic mass is 9.99. The third kappa shape index (κ3) is 7.67. The highest BCUT2D eigenvalue weighted by molar-refractivity contribution is 7.90. The van der Waals surface area contributed by atoms with Gasteiger partial charge in [0.1, 0.15) is 5.02 Å². The molecular formula is C28H31F3N6O8S. The molecule has 1 unspecified atom stereocenters. The van der Waals surface area contributed by atoms with Gasteiger partial charge < -0.3 is 14.3 Å². The molecule has 14 nitrogen and oxygen atoms in total. The average molecular weight is 669 g/mol. The van der Waals surface area contributed by atoms with Crippen LogP contribution in [0.2, 0.25) is 0 Å². The monoisotopic (exact) mass is 668 g/mol. The van der Waals surface area contributed by atoms with Crippen molar-refractivity contribution in [1.29, 1.82) is 0 Å². The van der Waals surface area contributed by atoms with E-state index in [1.54, 1.807) is 43.1 Å². The lowest BCUT2D eigenvalue weighted by Gasteiger charge is -2.28. The molecule has 1 aliphatic rings. The SMILES string of the molecule is Cc1ccc(-c2cc(C(F)(F)F)nn2-c2ccc(S(=O)(=O)NC(=O)C3CCCN(n4on4OCOC(=O)OC(C)C)C3)cc2)cc1. The van der Waals surface area contributed by atoms with Crippen LogP contribution in [0.15, 0.2) is 64.1 Å². The Kier molecular flexibility index (Phi) is 9.09. The van der Waals surface area contributed by atoms with Crippen molar-refractivity contribution in [1.82, 2.24) is 24.5 Å². The molecule has 1 amide bonds. The lowest BCUT2D eigenvalue weighted by molar-refractivity contribution is -0.141. The minimum absolute atomic E-state index is 0.0963. The maximum Gasteiger partial charge on any atom is 0.511 e. The van der Waals surface area contributed by atoms with E-state index in [1.807, 2.05) is 6.92 Å². The number of carbonyl (C=O) groups excluding carboxylic acids is 2. The molecule has 3 heterocycles. The number of aryl methyl sites for hydroxylation is 1. The average Bonchev–Trinajstić information content (AvgIpc) is 3.62. The Bertz CT molecular complexity index is 1770. The number of nitrogens with zero attached hydrogens (tertiary/aromatic N) is 5. The number of amides is 1. The van der Waals surface area contributed by atoms with Gasteiger partial charge in [-0.2, -0.15) is 22.9 Å². The third-order valence-electron chi connectivity index (χ3n) is 6.92. The normalized spacial score (nSPS) is 15.6. The molecule has 2 aromatic carbocycles. The van der Waals surface area contributed by atoms with Crippen molar-refractivity contribution >= 4 is 22.1 Å². The Hall–Kier alpha value is -4.87. The first-order valence-corrected chi connectivity index (χ1v) is 15.6. The number of benzene rings is 2. The predicted molar refractivity (Wildman–Crippen MR) is 154 cm³/mol. The molecule has 0 aliphatic carbocycles. The van der Waals surface area contributed by atoms with Gasteiger partial charge in [0.25, 0.3) is 16.8 Å². The molecule has 1 atom stereocenters. The van der Waals surface area contributed by atoms with E-state index >= 15 is 0 Å².